The van der Waals surface area contributed by atoms with E-state index >= 15 is 0 Å². The summed E-state index contributed by atoms with van der Waals surface area (Å²) in [5.74, 6) is -0.518. The van der Waals surface area contributed by atoms with Crippen LogP contribution in [-0.2, 0) is 4.79 Å². The highest BCUT2D eigenvalue weighted by Crippen LogP contribution is 2.15. The second-order valence-corrected chi connectivity index (χ2v) is 4.25. The second-order valence-electron chi connectivity index (χ2n) is 3.81. The van der Waals surface area contributed by atoms with E-state index in [4.69, 9.17) is 16.7 Å². The maximum absolute atomic E-state index is 11.3. The summed E-state index contributed by atoms with van der Waals surface area (Å²) in [6.07, 6.45) is -0.525. The van der Waals surface area contributed by atoms with Crippen LogP contribution in [0.4, 0.5) is 10.5 Å². The number of carbonyl (C=O) groups excluding carboxylic acids is 1. The molecule has 0 aromatic heterocycles. The molecule has 0 heterocycles. The van der Waals surface area contributed by atoms with Gasteiger partial charge in [0, 0.05) is 23.2 Å². The number of benzene rings is 1. The largest absolute Gasteiger partial charge is 0.465 e. The number of hydrogen-bond donors (Lipinski definition) is 3. The minimum atomic E-state index is -1.33. The van der Waals surface area contributed by atoms with Crippen molar-refractivity contribution in [2.45, 2.75) is 25.8 Å². The van der Waals surface area contributed by atoms with Gasteiger partial charge in [-0.2, -0.15) is 0 Å². The summed E-state index contributed by atoms with van der Waals surface area (Å²) < 4.78 is 0. The quantitative estimate of drug-likeness (QED) is 0.769. The highest BCUT2D eigenvalue weighted by molar-refractivity contribution is 6.30. The summed E-state index contributed by atoms with van der Waals surface area (Å²) in [6, 6.07) is 6.98. The Kier molecular flexibility index (Phi) is 5.45. The van der Waals surface area contributed by atoms with Crippen LogP contribution in [0.1, 0.15) is 19.8 Å². The molecule has 0 fully saturated rings. The Bertz CT molecular complexity index is 420. The van der Waals surface area contributed by atoms with Gasteiger partial charge in [0.05, 0.1) is 0 Å². The lowest BCUT2D eigenvalue weighted by molar-refractivity contribution is -0.120. The van der Waals surface area contributed by atoms with Gasteiger partial charge in [0.1, 0.15) is 0 Å². The maximum Gasteiger partial charge on any atom is 0.411 e. The Morgan fingerprint density at radius 1 is 1.33 bits per heavy atom. The van der Waals surface area contributed by atoms with Crippen molar-refractivity contribution in [3.63, 3.8) is 0 Å². The van der Waals surface area contributed by atoms with Gasteiger partial charge in [-0.05, 0) is 30.7 Å². The van der Waals surface area contributed by atoms with Gasteiger partial charge in [0.2, 0.25) is 5.91 Å². The minimum Gasteiger partial charge on any atom is -0.465 e. The van der Waals surface area contributed by atoms with Crippen LogP contribution in [0.3, 0.4) is 0 Å². The lowest BCUT2D eigenvalue weighted by Gasteiger charge is -2.17. The summed E-state index contributed by atoms with van der Waals surface area (Å²) in [5, 5.41) is 14.0. The molecule has 0 saturated heterocycles. The van der Waals surface area contributed by atoms with Crippen molar-refractivity contribution in [1.29, 1.82) is 0 Å². The van der Waals surface area contributed by atoms with E-state index in [0.717, 1.165) is 5.69 Å². The van der Waals surface area contributed by atoms with Crippen LogP contribution in [-0.4, -0.2) is 23.1 Å². The van der Waals surface area contributed by atoms with Gasteiger partial charge < -0.3 is 10.4 Å². The number of anilines is 1. The normalized spacial score (nSPS) is 11.7. The SMILES string of the molecule is CCC(CC(=O)NC(=O)O)Nc1ccc(Cl)cc1. The number of carboxylic acid groups (broad SMARTS) is 1. The average molecular weight is 271 g/mol. The molecule has 0 bridgehead atoms. The Hall–Kier alpha value is -1.75. The number of nitrogens with one attached hydrogen (secondary N) is 2. The van der Waals surface area contributed by atoms with E-state index in [1.807, 2.05) is 12.2 Å². The van der Waals surface area contributed by atoms with Crippen molar-refractivity contribution < 1.29 is 14.7 Å². The van der Waals surface area contributed by atoms with Gasteiger partial charge in [-0.1, -0.05) is 18.5 Å². The van der Waals surface area contributed by atoms with Crippen molar-refractivity contribution in [1.82, 2.24) is 5.32 Å². The van der Waals surface area contributed by atoms with E-state index in [1.165, 1.54) is 0 Å². The summed E-state index contributed by atoms with van der Waals surface area (Å²) >= 11 is 5.77. The van der Waals surface area contributed by atoms with Crippen LogP contribution < -0.4 is 10.6 Å². The smallest absolute Gasteiger partial charge is 0.411 e. The lowest BCUT2D eigenvalue weighted by atomic mass is 10.1. The first-order valence-electron chi connectivity index (χ1n) is 5.56. The fraction of sp³-hybridized carbons (Fsp3) is 0.333. The summed E-state index contributed by atoms with van der Waals surface area (Å²) in [4.78, 5) is 21.6. The molecule has 98 valence electrons. The lowest BCUT2D eigenvalue weighted by Crippen LogP contribution is -2.33. The van der Waals surface area contributed by atoms with Crippen molar-refractivity contribution in [2.24, 2.45) is 0 Å². The minimum absolute atomic E-state index is 0.103. The van der Waals surface area contributed by atoms with Crippen LogP contribution in [0.5, 0.6) is 0 Å². The van der Waals surface area contributed by atoms with E-state index in [9.17, 15) is 9.59 Å². The zero-order valence-electron chi connectivity index (χ0n) is 9.94. The number of carbonyl (C=O) groups is 2. The molecule has 0 aliphatic heterocycles. The molecule has 3 N–H and O–H groups in total. The zero-order chi connectivity index (χ0) is 13.5. The number of hydrogen-bond acceptors (Lipinski definition) is 3. The van der Waals surface area contributed by atoms with E-state index in [1.54, 1.807) is 24.3 Å². The van der Waals surface area contributed by atoms with Gasteiger partial charge in [0.25, 0.3) is 0 Å². The molecule has 1 rings (SSSR count). The van der Waals surface area contributed by atoms with Gasteiger partial charge >= 0.3 is 6.09 Å². The number of rotatable bonds is 5. The summed E-state index contributed by atoms with van der Waals surface area (Å²) in [7, 11) is 0. The van der Waals surface area contributed by atoms with Gasteiger partial charge in [0.15, 0.2) is 0 Å². The number of imide groups is 1. The fourth-order valence-electron chi connectivity index (χ4n) is 1.47. The van der Waals surface area contributed by atoms with Crippen molar-refractivity contribution in [3.8, 4) is 0 Å². The zero-order valence-corrected chi connectivity index (χ0v) is 10.7. The molecule has 1 aromatic carbocycles. The average Bonchev–Trinajstić information content (AvgIpc) is 2.30. The Labute approximate surface area is 110 Å². The molecule has 0 spiro atoms. The van der Waals surface area contributed by atoms with Gasteiger partial charge in [-0.15, -0.1) is 0 Å². The molecule has 1 aromatic rings. The maximum atomic E-state index is 11.3. The van der Waals surface area contributed by atoms with E-state index in [-0.39, 0.29) is 12.5 Å². The molecule has 0 saturated carbocycles. The number of amides is 2. The third-order valence-electron chi connectivity index (χ3n) is 2.39. The van der Waals surface area contributed by atoms with Crippen LogP contribution >= 0.6 is 11.6 Å². The fourth-order valence-corrected chi connectivity index (χ4v) is 1.60. The monoisotopic (exact) mass is 270 g/mol. The second kappa shape index (κ2) is 6.86. The predicted octanol–water partition coefficient (Wildman–Crippen LogP) is 2.71. The molecular formula is C12H15ClN2O3. The predicted molar refractivity (Wildman–Crippen MR) is 69.9 cm³/mol. The molecule has 0 aliphatic rings. The number of halogens is 1. The molecule has 2 amide bonds. The Morgan fingerprint density at radius 2 is 1.94 bits per heavy atom. The van der Waals surface area contributed by atoms with Gasteiger partial charge in [-0.25, -0.2) is 4.79 Å². The van der Waals surface area contributed by atoms with Crippen LogP contribution in [0.15, 0.2) is 24.3 Å². The highest BCUT2D eigenvalue weighted by Gasteiger charge is 2.13. The molecule has 0 aliphatic carbocycles. The first kappa shape index (κ1) is 14.3. The molecule has 0 radical (unpaired) electrons. The molecule has 18 heavy (non-hydrogen) atoms. The van der Waals surface area contributed by atoms with E-state index in [0.29, 0.717) is 11.4 Å². The van der Waals surface area contributed by atoms with Crippen molar-refractivity contribution in [3.05, 3.63) is 29.3 Å². The van der Waals surface area contributed by atoms with Gasteiger partial charge in [-0.3, -0.25) is 10.1 Å². The summed E-state index contributed by atoms with van der Waals surface area (Å²) in [6.45, 7) is 1.92. The standard InChI is InChI=1S/C12H15ClN2O3/c1-2-9(7-11(16)15-12(17)18)14-10-5-3-8(13)4-6-10/h3-6,9,14H,2,7H2,1H3,(H,15,16)(H,17,18). The molecular weight excluding hydrogens is 256 g/mol. The van der Waals surface area contributed by atoms with Crippen molar-refractivity contribution in [2.75, 3.05) is 5.32 Å². The van der Waals surface area contributed by atoms with Crippen molar-refractivity contribution >= 4 is 29.3 Å². The Balaban J connectivity index is 2.54. The Morgan fingerprint density at radius 3 is 2.44 bits per heavy atom. The first-order valence-corrected chi connectivity index (χ1v) is 5.94. The van der Waals surface area contributed by atoms with Crippen LogP contribution in [0.2, 0.25) is 5.02 Å². The molecule has 1 unspecified atom stereocenters. The first-order chi connectivity index (χ1) is 8.51. The third-order valence-corrected chi connectivity index (χ3v) is 2.64. The molecule has 5 nitrogen and oxygen atoms in total. The van der Waals surface area contributed by atoms with E-state index < -0.39 is 12.0 Å². The molecule has 1 atom stereocenters. The summed E-state index contributed by atoms with van der Waals surface area (Å²) in [5.41, 5.74) is 0.842. The third kappa shape index (κ3) is 5.05. The van der Waals surface area contributed by atoms with E-state index in [2.05, 4.69) is 5.32 Å². The molecule has 6 heteroatoms. The topological polar surface area (TPSA) is 78.4 Å². The van der Waals surface area contributed by atoms with Crippen LogP contribution in [0, 0.1) is 0 Å². The highest BCUT2D eigenvalue weighted by atomic mass is 35.5. The van der Waals surface area contributed by atoms with Crippen LogP contribution in [0.25, 0.3) is 0 Å².